The van der Waals surface area contributed by atoms with Gasteiger partial charge in [-0.1, -0.05) is 62.7 Å². The van der Waals surface area contributed by atoms with Crippen molar-refractivity contribution < 1.29 is 22.7 Å². The Bertz CT molecular complexity index is 1320. The molecule has 0 aliphatic heterocycles. The van der Waals surface area contributed by atoms with Crippen LogP contribution >= 0.6 is 11.6 Å². The van der Waals surface area contributed by atoms with E-state index in [1.807, 2.05) is 51.1 Å². The number of hydrogen-bond donors (Lipinski definition) is 2. The number of sulfonamides is 1. The molecule has 0 spiro atoms. The maximum Gasteiger partial charge on any atom is 0.405 e. The smallest absolute Gasteiger partial charge is 0.405 e. The highest BCUT2D eigenvalue weighted by atomic mass is 35.5. The van der Waals surface area contributed by atoms with Crippen LogP contribution < -0.4 is 9.62 Å². The number of pyridine rings is 1. The summed E-state index contributed by atoms with van der Waals surface area (Å²) >= 11 is 6.14. The second kappa shape index (κ2) is 9.46. The van der Waals surface area contributed by atoms with E-state index in [-0.39, 0.29) is 22.8 Å². The molecule has 0 saturated heterocycles. The van der Waals surface area contributed by atoms with Gasteiger partial charge in [-0.15, -0.1) is 10.2 Å². The van der Waals surface area contributed by atoms with Crippen molar-refractivity contribution in [3.8, 4) is 11.5 Å². The van der Waals surface area contributed by atoms with Crippen LogP contribution in [0.2, 0.25) is 5.15 Å². The first-order valence-corrected chi connectivity index (χ1v) is 12.9. The van der Waals surface area contributed by atoms with Gasteiger partial charge in [0.05, 0.1) is 6.26 Å². The van der Waals surface area contributed by atoms with E-state index in [9.17, 15) is 18.3 Å². The Morgan fingerprint density at radius 1 is 1.14 bits per heavy atom. The minimum Gasteiger partial charge on any atom is -0.465 e. The number of halogens is 1. The molecule has 0 aliphatic rings. The van der Waals surface area contributed by atoms with Crippen molar-refractivity contribution in [2.24, 2.45) is 5.41 Å². The lowest BCUT2D eigenvalue weighted by Gasteiger charge is -2.42. The predicted molar refractivity (Wildman–Crippen MR) is 133 cm³/mol. The summed E-state index contributed by atoms with van der Waals surface area (Å²) in [5.41, 5.74) is -0.503. The van der Waals surface area contributed by atoms with E-state index in [1.165, 1.54) is 19.2 Å². The fourth-order valence-corrected chi connectivity index (χ4v) is 4.94. The van der Waals surface area contributed by atoms with Crippen molar-refractivity contribution in [3.63, 3.8) is 0 Å². The van der Waals surface area contributed by atoms with Crippen LogP contribution in [0.5, 0.6) is 0 Å². The molecular formula is C23H28ClN5O5S. The molecule has 0 aliphatic carbocycles. The molecule has 0 saturated carbocycles. The average molecular weight is 522 g/mol. The minimum atomic E-state index is -3.59. The van der Waals surface area contributed by atoms with E-state index in [1.54, 1.807) is 6.92 Å². The van der Waals surface area contributed by atoms with Gasteiger partial charge in [0.2, 0.25) is 21.8 Å². The molecule has 2 N–H and O–H groups in total. The summed E-state index contributed by atoms with van der Waals surface area (Å²) in [5.74, 6) is -0.247. The van der Waals surface area contributed by atoms with Gasteiger partial charge in [0, 0.05) is 18.5 Å². The van der Waals surface area contributed by atoms with Crippen LogP contribution in [0.4, 0.5) is 10.6 Å². The summed E-state index contributed by atoms with van der Waals surface area (Å²) in [5, 5.41) is 20.6. The molecule has 2 atom stereocenters. The fourth-order valence-electron chi connectivity index (χ4n) is 4.30. The normalized spacial score (nSPS) is 14.7. The van der Waals surface area contributed by atoms with E-state index >= 15 is 0 Å². The molecule has 10 nitrogen and oxygen atoms in total. The zero-order chi connectivity index (χ0) is 26.2. The van der Waals surface area contributed by atoms with Crippen molar-refractivity contribution in [2.45, 2.75) is 39.2 Å². The van der Waals surface area contributed by atoms with E-state index in [2.05, 4.69) is 20.5 Å². The summed E-state index contributed by atoms with van der Waals surface area (Å²) in [7, 11) is -2.25. The Hall–Kier alpha value is -3.18. The number of carboxylic acid groups (broad SMARTS) is 1. The maximum absolute atomic E-state index is 12.0. The predicted octanol–water partition coefficient (Wildman–Crippen LogP) is 4.49. The molecular weight excluding hydrogens is 494 g/mol. The molecule has 3 aromatic rings. The van der Waals surface area contributed by atoms with Crippen molar-refractivity contribution in [1.82, 2.24) is 20.5 Å². The number of amides is 1. The zero-order valence-corrected chi connectivity index (χ0v) is 21.8. The lowest BCUT2D eigenvalue weighted by molar-refractivity contribution is 0.127. The Labute approximate surface area is 209 Å². The summed E-state index contributed by atoms with van der Waals surface area (Å²) < 4.78 is 30.9. The summed E-state index contributed by atoms with van der Waals surface area (Å²) in [6.07, 6.45) is -0.208. The van der Waals surface area contributed by atoms with E-state index in [0.717, 1.165) is 16.1 Å². The third kappa shape index (κ3) is 5.73. The Kier molecular flexibility index (Phi) is 7.14. The number of aromatic nitrogens is 3. The number of nitrogens with zero attached hydrogens (tertiary/aromatic N) is 4. The van der Waals surface area contributed by atoms with Gasteiger partial charge in [0.1, 0.15) is 16.5 Å². The molecule has 1 aromatic carbocycles. The molecule has 0 fully saturated rings. The highest BCUT2D eigenvalue weighted by Gasteiger charge is 2.48. The largest absolute Gasteiger partial charge is 0.465 e. The summed E-state index contributed by atoms with van der Waals surface area (Å²) in [6, 6.07) is 12.4. The molecule has 12 heteroatoms. The lowest BCUT2D eigenvalue weighted by atomic mass is 9.66. The van der Waals surface area contributed by atoms with Crippen LogP contribution in [0.15, 0.2) is 46.9 Å². The van der Waals surface area contributed by atoms with Gasteiger partial charge in [-0.05, 0) is 30.0 Å². The number of rotatable bonds is 7. The molecule has 1 unspecified atom stereocenters. The molecule has 2 aromatic heterocycles. The van der Waals surface area contributed by atoms with Crippen molar-refractivity contribution >= 4 is 33.5 Å². The fraction of sp³-hybridized carbons (Fsp3) is 0.391. The number of nitrogens with one attached hydrogen (secondary N) is 1. The van der Waals surface area contributed by atoms with E-state index < -0.39 is 33.0 Å². The Morgan fingerprint density at radius 2 is 1.77 bits per heavy atom. The molecule has 35 heavy (non-hydrogen) atoms. The van der Waals surface area contributed by atoms with Gasteiger partial charge in [-0.25, -0.2) is 18.2 Å². The Balaban J connectivity index is 2.15. The molecule has 0 radical (unpaired) electrons. The second-order valence-electron chi connectivity index (χ2n) is 9.52. The molecule has 0 bridgehead atoms. The summed E-state index contributed by atoms with van der Waals surface area (Å²) in [4.78, 5) is 16.0. The van der Waals surface area contributed by atoms with Crippen molar-refractivity contribution in [2.75, 3.05) is 17.6 Å². The van der Waals surface area contributed by atoms with Crippen LogP contribution in [-0.2, 0) is 15.6 Å². The second-order valence-corrected chi connectivity index (χ2v) is 11.9. The van der Waals surface area contributed by atoms with Gasteiger partial charge < -0.3 is 14.8 Å². The van der Waals surface area contributed by atoms with E-state index in [4.69, 9.17) is 16.0 Å². The quantitative estimate of drug-likeness (QED) is 0.433. The monoisotopic (exact) mass is 521 g/mol. The first-order chi connectivity index (χ1) is 16.1. The number of anilines is 1. The van der Waals surface area contributed by atoms with Crippen LogP contribution in [0.25, 0.3) is 11.5 Å². The number of carbonyl (C=O) groups is 1. The number of hydrogen-bond acceptors (Lipinski definition) is 7. The first-order valence-electron chi connectivity index (χ1n) is 10.6. The van der Waals surface area contributed by atoms with Gasteiger partial charge in [0.25, 0.3) is 0 Å². The van der Waals surface area contributed by atoms with Gasteiger partial charge in [0.15, 0.2) is 0 Å². The highest BCUT2D eigenvalue weighted by molar-refractivity contribution is 7.92. The van der Waals surface area contributed by atoms with Gasteiger partial charge in [-0.3, -0.25) is 4.31 Å². The van der Waals surface area contributed by atoms with Crippen LogP contribution in [0.3, 0.4) is 0 Å². The van der Waals surface area contributed by atoms with Crippen LogP contribution in [0.1, 0.15) is 45.1 Å². The maximum atomic E-state index is 12.0. The Morgan fingerprint density at radius 3 is 2.31 bits per heavy atom. The van der Waals surface area contributed by atoms with Gasteiger partial charge in [-0.2, -0.15) is 0 Å². The SMILES string of the molecule is CN(c1cc(-c2nnc([C@](C)(NC(=O)O)C(c3ccccc3)C(C)(C)C)o2)cc(Cl)n1)S(C)(=O)=O. The minimum absolute atomic E-state index is 0.0241. The standard InChI is InChI=1S/C23H28ClN5O5S/c1-22(2,3)18(14-10-8-7-9-11-14)23(4,26-21(30)31)20-28-27-19(34-20)15-12-16(24)25-17(13-15)29(5)35(6,32)33/h7-13,18,26H,1-6H3,(H,30,31)/t18?,23-/m1/s1. The van der Waals surface area contributed by atoms with Crippen LogP contribution in [-0.4, -0.2) is 48.1 Å². The topological polar surface area (TPSA) is 139 Å². The average Bonchev–Trinajstić information content (AvgIpc) is 3.22. The molecule has 1 amide bonds. The van der Waals surface area contributed by atoms with Crippen LogP contribution in [0, 0.1) is 5.41 Å². The van der Waals surface area contributed by atoms with Crippen molar-refractivity contribution in [3.05, 3.63) is 59.1 Å². The highest BCUT2D eigenvalue weighted by Crippen LogP contribution is 2.48. The molecule has 3 rings (SSSR count). The molecule has 2 heterocycles. The molecule has 188 valence electrons. The third-order valence-electron chi connectivity index (χ3n) is 5.66. The third-order valence-corrected chi connectivity index (χ3v) is 7.04. The number of benzene rings is 1. The van der Waals surface area contributed by atoms with E-state index in [0.29, 0.717) is 5.56 Å². The van der Waals surface area contributed by atoms with Crippen molar-refractivity contribution in [1.29, 1.82) is 0 Å². The van der Waals surface area contributed by atoms with Gasteiger partial charge >= 0.3 is 6.09 Å². The lowest BCUT2D eigenvalue weighted by Crippen LogP contribution is -2.51. The summed E-state index contributed by atoms with van der Waals surface area (Å²) in [6.45, 7) is 7.70. The zero-order valence-electron chi connectivity index (χ0n) is 20.3. The first kappa shape index (κ1) is 26.4.